The summed E-state index contributed by atoms with van der Waals surface area (Å²) in [5.41, 5.74) is 3.75. The lowest BCUT2D eigenvalue weighted by molar-refractivity contribution is -0.116. The minimum absolute atomic E-state index is 0.0436. The number of benzene rings is 3. The van der Waals surface area contributed by atoms with Gasteiger partial charge in [-0.25, -0.2) is 4.79 Å². The van der Waals surface area contributed by atoms with Gasteiger partial charge in [-0.1, -0.05) is 30.3 Å². The van der Waals surface area contributed by atoms with Crippen molar-refractivity contribution >= 4 is 28.3 Å². The summed E-state index contributed by atoms with van der Waals surface area (Å²) in [6, 6.07) is 21.6. The number of fused-ring (bicyclic) bond motifs is 1. The summed E-state index contributed by atoms with van der Waals surface area (Å²) >= 11 is 0. The molecule has 1 aromatic heterocycles. The number of nitrogens with zero attached hydrogens (tertiary/aromatic N) is 1. The highest BCUT2D eigenvalue weighted by Gasteiger charge is 2.12. The standard InChI is InChI=1S/C25H22N2O4/c1-16(28)27(2)20-10-8-19(9-11-20)26-15-18-12-25(30)31-24-14-21(23(29)13-22(18)24)17-6-4-3-5-7-17/h3-14,26,29H,15H2,1-2H3. The first-order chi connectivity index (χ1) is 14.9. The fourth-order valence-electron chi connectivity index (χ4n) is 3.44. The molecule has 2 N–H and O–H groups in total. The van der Waals surface area contributed by atoms with Gasteiger partial charge in [-0.15, -0.1) is 0 Å². The molecule has 1 amide bonds. The maximum absolute atomic E-state index is 12.1. The van der Waals surface area contributed by atoms with Gasteiger partial charge in [0.2, 0.25) is 5.91 Å². The first-order valence-corrected chi connectivity index (χ1v) is 9.86. The Hall–Kier alpha value is -4.06. The van der Waals surface area contributed by atoms with E-state index >= 15 is 0 Å². The van der Waals surface area contributed by atoms with Crippen LogP contribution in [0.1, 0.15) is 12.5 Å². The Morgan fingerprint density at radius 2 is 1.74 bits per heavy atom. The van der Waals surface area contributed by atoms with Crippen molar-refractivity contribution in [1.82, 2.24) is 0 Å². The van der Waals surface area contributed by atoms with Crippen LogP contribution in [0, 0.1) is 0 Å². The van der Waals surface area contributed by atoms with Crippen LogP contribution >= 0.6 is 0 Å². The van der Waals surface area contributed by atoms with Crippen LogP contribution in [0.2, 0.25) is 0 Å². The van der Waals surface area contributed by atoms with Crippen molar-refractivity contribution < 1.29 is 14.3 Å². The lowest BCUT2D eigenvalue weighted by atomic mass is 10.0. The molecule has 0 fully saturated rings. The Labute approximate surface area is 179 Å². The third kappa shape index (κ3) is 4.28. The molecule has 0 aliphatic carbocycles. The first kappa shape index (κ1) is 20.2. The molecule has 3 aromatic carbocycles. The molecular formula is C25H22N2O4. The lowest BCUT2D eigenvalue weighted by Gasteiger charge is -2.16. The number of nitrogens with one attached hydrogen (secondary N) is 1. The van der Waals surface area contributed by atoms with Crippen LogP contribution in [-0.2, 0) is 11.3 Å². The normalized spacial score (nSPS) is 10.8. The van der Waals surface area contributed by atoms with E-state index < -0.39 is 5.63 Å². The van der Waals surface area contributed by atoms with Crippen molar-refractivity contribution in [3.8, 4) is 16.9 Å². The molecule has 6 heteroatoms. The maximum atomic E-state index is 12.1. The van der Waals surface area contributed by atoms with E-state index in [9.17, 15) is 14.7 Å². The van der Waals surface area contributed by atoms with Crippen molar-refractivity contribution in [1.29, 1.82) is 0 Å². The van der Waals surface area contributed by atoms with Crippen molar-refractivity contribution in [2.75, 3.05) is 17.3 Å². The molecule has 0 aliphatic heterocycles. The summed E-state index contributed by atoms with van der Waals surface area (Å²) in [4.78, 5) is 25.2. The molecule has 0 spiro atoms. The van der Waals surface area contributed by atoms with Crippen LogP contribution in [-0.4, -0.2) is 18.1 Å². The molecule has 1 heterocycles. The average Bonchev–Trinajstić information content (AvgIpc) is 2.78. The highest BCUT2D eigenvalue weighted by Crippen LogP contribution is 2.34. The van der Waals surface area contributed by atoms with Crippen LogP contribution in [0.5, 0.6) is 5.75 Å². The highest BCUT2D eigenvalue weighted by molar-refractivity contribution is 5.91. The van der Waals surface area contributed by atoms with Gasteiger partial charge < -0.3 is 19.7 Å². The molecular weight excluding hydrogens is 392 g/mol. The topological polar surface area (TPSA) is 82.8 Å². The number of aromatic hydroxyl groups is 1. The Balaban J connectivity index is 1.63. The average molecular weight is 414 g/mol. The number of anilines is 2. The number of phenolic OH excluding ortho intramolecular Hbond substituents is 1. The van der Waals surface area contributed by atoms with Crippen LogP contribution < -0.4 is 15.8 Å². The smallest absolute Gasteiger partial charge is 0.336 e. The third-order valence-electron chi connectivity index (χ3n) is 5.24. The van der Waals surface area contributed by atoms with Gasteiger partial charge in [0.1, 0.15) is 11.3 Å². The number of amides is 1. The van der Waals surface area contributed by atoms with E-state index in [1.807, 2.05) is 54.6 Å². The van der Waals surface area contributed by atoms with E-state index in [0.717, 1.165) is 16.9 Å². The minimum Gasteiger partial charge on any atom is -0.507 e. The van der Waals surface area contributed by atoms with Gasteiger partial charge in [0.15, 0.2) is 0 Å². The SMILES string of the molecule is CC(=O)N(C)c1ccc(NCc2cc(=O)oc3cc(-c4ccccc4)c(O)cc23)cc1. The number of phenols is 1. The molecule has 0 atom stereocenters. The largest absolute Gasteiger partial charge is 0.507 e. The minimum atomic E-state index is -0.451. The van der Waals surface area contributed by atoms with Gasteiger partial charge in [-0.05, 0) is 47.5 Å². The predicted octanol–water partition coefficient (Wildman–Crippen LogP) is 4.76. The van der Waals surface area contributed by atoms with Crippen molar-refractivity contribution in [2.45, 2.75) is 13.5 Å². The molecule has 156 valence electrons. The van der Waals surface area contributed by atoms with Gasteiger partial charge in [-0.3, -0.25) is 4.79 Å². The Kier molecular flexibility index (Phi) is 5.45. The number of carbonyl (C=O) groups is 1. The maximum Gasteiger partial charge on any atom is 0.336 e. The van der Waals surface area contributed by atoms with Gasteiger partial charge >= 0.3 is 5.63 Å². The Morgan fingerprint density at radius 3 is 2.42 bits per heavy atom. The second-order valence-electron chi connectivity index (χ2n) is 7.30. The fraction of sp³-hybridized carbons (Fsp3) is 0.120. The number of rotatable bonds is 5. The zero-order chi connectivity index (χ0) is 22.0. The molecule has 0 unspecified atom stereocenters. The monoisotopic (exact) mass is 414 g/mol. The zero-order valence-corrected chi connectivity index (χ0v) is 17.3. The lowest BCUT2D eigenvalue weighted by Crippen LogP contribution is -2.22. The summed E-state index contributed by atoms with van der Waals surface area (Å²) < 4.78 is 5.40. The molecule has 0 aliphatic rings. The molecule has 0 radical (unpaired) electrons. The zero-order valence-electron chi connectivity index (χ0n) is 17.3. The summed E-state index contributed by atoms with van der Waals surface area (Å²) in [6.07, 6.45) is 0. The summed E-state index contributed by atoms with van der Waals surface area (Å²) in [6.45, 7) is 1.88. The van der Waals surface area contributed by atoms with Crippen LogP contribution in [0.15, 0.2) is 82.0 Å². The summed E-state index contributed by atoms with van der Waals surface area (Å²) in [5.74, 6) is 0.0725. The van der Waals surface area contributed by atoms with Crippen molar-refractivity contribution in [3.05, 3.63) is 88.8 Å². The Morgan fingerprint density at radius 1 is 1.03 bits per heavy atom. The number of carbonyl (C=O) groups excluding carboxylic acids is 1. The third-order valence-corrected chi connectivity index (χ3v) is 5.24. The van der Waals surface area contributed by atoms with E-state index in [4.69, 9.17) is 4.42 Å². The van der Waals surface area contributed by atoms with Gasteiger partial charge in [0.05, 0.1) is 0 Å². The molecule has 4 aromatic rings. The van der Waals surface area contributed by atoms with E-state index in [0.29, 0.717) is 28.6 Å². The second-order valence-corrected chi connectivity index (χ2v) is 7.30. The summed E-state index contributed by atoms with van der Waals surface area (Å²) in [7, 11) is 1.72. The highest BCUT2D eigenvalue weighted by atomic mass is 16.4. The number of hydrogen-bond donors (Lipinski definition) is 2. The molecule has 0 saturated carbocycles. The van der Waals surface area contributed by atoms with Crippen LogP contribution in [0.25, 0.3) is 22.1 Å². The molecule has 0 saturated heterocycles. The molecule has 31 heavy (non-hydrogen) atoms. The number of hydrogen-bond acceptors (Lipinski definition) is 5. The van der Waals surface area contributed by atoms with E-state index in [-0.39, 0.29) is 11.7 Å². The molecule has 4 rings (SSSR count). The quantitative estimate of drug-likeness (QED) is 0.460. The van der Waals surface area contributed by atoms with Gasteiger partial charge in [0.25, 0.3) is 0 Å². The van der Waals surface area contributed by atoms with E-state index in [1.165, 1.54) is 13.0 Å². The Bertz CT molecular complexity index is 1300. The molecule has 0 bridgehead atoms. The summed E-state index contributed by atoms with van der Waals surface area (Å²) in [5, 5.41) is 14.5. The predicted molar refractivity (Wildman–Crippen MR) is 122 cm³/mol. The van der Waals surface area contributed by atoms with Crippen molar-refractivity contribution in [3.63, 3.8) is 0 Å². The fourth-order valence-corrected chi connectivity index (χ4v) is 3.44. The van der Waals surface area contributed by atoms with Gasteiger partial charge in [-0.2, -0.15) is 0 Å². The van der Waals surface area contributed by atoms with E-state index in [1.54, 1.807) is 24.1 Å². The van der Waals surface area contributed by atoms with Crippen LogP contribution in [0.3, 0.4) is 0 Å². The van der Waals surface area contributed by atoms with Crippen molar-refractivity contribution in [2.24, 2.45) is 0 Å². The van der Waals surface area contributed by atoms with Gasteiger partial charge in [0, 0.05) is 48.9 Å². The molecule has 6 nitrogen and oxygen atoms in total. The van der Waals surface area contributed by atoms with Crippen LogP contribution in [0.4, 0.5) is 11.4 Å². The first-order valence-electron chi connectivity index (χ1n) is 9.86. The van der Waals surface area contributed by atoms with E-state index in [2.05, 4.69) is 5.32 Å². The second kappa shape index (κ2) is 8.36.